The van der Waals surface area contributed by atoms with Crippen molar-refractivity contribution in [3.05, 3.63) is 23.3 Å². The van der Waals surface area contributed by atoms with Crippen LogP contribution in [0.2, 0.25) is 0 Å². The largest absolute Gasteiger partial charge is 0.347 e. The van der Waals surface area contributed by atoms with Crippen LogP contribution in [-0.2, 0) is 0 Å². The molecule has 0 unspecified atom stereocenters. The first-order chi connectivity index (χ1) is 11.8. The summed E-state index contributed by atoms with van der Waals surface area (Å²) in [4.78, 5) is 25.8. The second kappa shape index (κ2) is 6.68. The molecule has 1 N–H and O–H groups in total. The first kappa shape index (κ1) is 17.8. The molecule has 0 saturated carbocycles. The molecule has 2 aromatic heterocycles. The maximum Gasteiger partial charge on any atom is 0.291 e. The average molecular weight is 345 g/mol. The quantitative estimate of drug-likeness (QED) is 0.869. The summed E-state index contributed by atoms with van der Waals surface area (Å²) in [6.07, 6.45) is 0. The highest BCUT2D eigenvalue weighted by atomic mass is 16.2. The van der Waals surface area contributed by atoms with Gasteiger partial charge in [-0.15, -0.1) is 5.10 Å². The fraction of sp³-hybridized carbons (Fsp3) is 0.647. The Kier molecular flexibility index (Phi) is 4.75. The van der Waals surface area contributed by atoms with Gasteiger partial charge in [-0.25, -0.2) is 9.50 Å². The van der Waals surface area contributed by atoms with Crippen molar-refractivity contribution in [2.45, 2.75) is 33.2 Å². The molecule has 1 aliphatic heterocycles. The van der Waals surface area contributed by atoms with Gasteiger partial charge in [-0.2, -0.15) is 4.98 Å². The van der Waals surface area contributed by atoms with Crippen LogP contribution in [0, 0.1) is 13.8 Å². The van der Waals surface area contributed by atoms with Crippen LogP contribution in [0.4, 0.5) is 0 Å². The third-order valence-electron chi connectivity index (χ3n) is 4.86. The van der Waals surface area contributed by atoms with E-state index < -0.39 is 0 Å². The van der Waals surface area contributed by atoms with Crippen molar-refractivity contribution in [2.24, 2.45) is 0 Å². The van der Waals surface area contributed by atoms with Crippen LogP contribution in [0.15, 0.2) is 6.07 Å². The van der Waals surface area contributed by atoms with Gasteiger partial charge >= 0.3 is 0 Å². The molecule has 1 aliphatic rings. The van der Waals surface area contributed by atoms with Gasteiger partial charge in [-0.3, -0.25) is 9.69 Å². The van der Waals surface area contributed by atoms with Crippen LogP contribution in [0.3, 0.4) is 0 Å². The standard InChI is InChI=1S/C17H27N7O/c1-12-10-13(2)24-16(19-12)20-14(21-24)15(25)18-11-17(3,4)23-8-6-22(5)7-9-23/h10H,6-9,11H2,1-5H3,(H,18,25). The molecule has 0 radical (unpaired) electrons. The lowest BCUT2D eigenvalue weighted by molar-refractivity contribution is 0.0585. The Labute approximate surface area is 148 Å². The summed E-state index contributed by atoms with van der Waals surface area (Å²) in [5.74, 6) is 0.362. The predicted molar refractivity (Wildman–Crippen MR) is 95.7 cm³/mol. The van der Waals surface area contributed by atoms with Crippen molar-refractivity contribution >= 4 is 11.7 Å². The van der Waals surface area contributed by atoms with Crippen molar-refractivity contribution in [3.8, 4) is 0 Å². The highest BCUT2D eigenvalue weighted by Gasteiger charge is 2.30. The molecule has 2 aromatic rings. The van der Waals surface area contributed by atoms with Gasteiger partial charge in [0.15, 0.2) is 0 Å². The van der Waals surface area contributed by atoms with Crippen molar-refractivity contribution < 1.29 is 4.79 Å². The second-order valence-electron chi connectivity index (χ2n) is 7.47. The van der Waals surface area contributed by atoms with Crippen LogP contribution < -0.4 is 5.32 Å². The molecule has 136 valence electrons. The fourth-order valence-electron chi connectivity index (χ4n) is 3.16. The summed E-state index contributed by atoms with van der Waals surface area (Å²) >= 11 is 0. The highest BCUT2D eigenvalue weighted by Crippen LogP contribution is 2.16. The van der Waals surface area contributed by atoms with E-state index in [1.165, 1.54) is 0 Å². The maximum absolute atomic E-state index is 12.5. The number of aryl methyl sites for hydroxylation is 2. The van der Waals surface area contributed by atoms with Gasteiger partial charge in [-0.05, 0) is 40.8 Å². The van der Waals surface area contributed by atoms with Crippen molar-refractivity contribution in [2.75, 3.05) is 39.8 Å². The molecule has 0 atom stereocenters. The molecular formula is C17H27N7O. The Bertz CT molecular complexity index is 775. The smallest absolute Gasteiger partial charge is 0.291 e. The number of hydrogen-bond acceptors (Lipinski definition) is 6. The van der Waals surface area contributed by atoms with Crippen molar-refractivity contribution in [1.29, 1.82) is 0 Å². The minimum Gasteiger partial charge on any atom is -0.347 e. The third-order valence-corrected chi connectivity index (χ3v) is 4.86. The number of carbonyl (C=O) groups excluding carboxylic acids is 1. The van der Waals surface area contributed by atoms with Gasteiger partial charge in [0.05, 0.1) is 0 Å². The molecular weight excluding hydrogens is 318 g/mol. The molecule has 1 saturated heterocycles. The van der Waals surface area contributed by atoms with Gasteiger partial charge < -0.3 is 10.2 Å². The van der Waals surface area contributed by atoms with Gasteiger partial charge in [0, 0.05) is 49.7 Å². The lowest BCUT2D eigenvalue weighted by Gasteiger charge is -2.43. The van der Waals surface area contributed by atoms with E-state index in [1.807, 2.05) is 19.9 Å². The molecule has 0 aliphatic carbocycles. The fourth-order valence-corrected chi connectivity index (χ4v) is 3.16. The number of rotatable bonds is 4. The highest BCUT2D eigenvalue weighted by molar-refractivity contribution is 5.90. The maximum atomic E-state index is 12.5. The van der Waals surface area contributed by atoms with Gasteiger partial charge in [-0.1, -0.05) is 0 Å². The number of hydrogen-bond donors (Lipinski definition) is 1. The minimum atomic E-state index is -0.259. The van der Waals surface area contributed by atoms with E-state index in [2.05, 4.69) is 51.1 Å². The monoisotopic (exact) mass is 345 g/mol. The molecule has 0 bridgehead atoms. The molecule has 8 heteroatoms. The van der Waals surface area contributed by atoms with Crippen LogP contribution in [-0.4, -0.2) is 80.6 Å². The number of nitrogens with one attached hydrogen (secondary N) is 1. The number of likely N-dealkylation sites (N-methyl/N-ethyl adjacent to an activating group) is 1. The summed E-state index contributed by atoms with van der Waals surface area (Å²) in [7, 11) is 2.14. The average Bonchev–Trinajstić information content (AvgIpc) is 2.97. The lowest BCUT2D eigenvalue weighted by atomic mass is 10.0. The van der Waals surface area contributed by atoms with E-state index in [9.17, 15) is 4.79 Å². The molecule has 25 heavy (non-hydrogen) atoms. The Morgan fingerprint density at radius 2 is 1.88 bits per heavy atom. The summed E-state index contributed by atoms with van der Waals surface area (Å²) in [6.45, 7) is 12.8. The van der Waals surface area contributed by atoms with Crippen LogP contribution >= 0.6 is 0 Å². The van der Waals surface area contributed by atoms with Crippen LogP contribution in [0.5, 0.6) is 0 Å². The molecule has 3 rings (SSSR count). The topological polar surface area (TPSA) is 78.7 Å². The summed E-state index contributed by atoms with van der Waals surface area (Å²) in [6, 6.07) is 1.92. The second-order valence-corrected chi connectivity index (χ2v) is 7.47. The van der Waals surface area contributed by atoms with E-state index in [4.69, 9.17) is 0 Å². The predicted octanol–water partition coefficient (Wildman–Crippen LogP) is 0.497. The summed E-state index contributed by atoms with van der Waals surface area (Å²) < 4.78 is 1.60. The molecule has 0 spiro atoms. The zero-order valence-corrected chi connectivity index (χ0v) is 15.7. The van der Waals surface area contributed by atoms with Crippen LogP contribution in [0.1, 0.15) is 35.9 Å². The number of amides is 1. The van der Waals surface area contributed by atoms with Crippen LogP contribution in [0.25, 0.3) is 5.78 Å². The Hall–Kier alpha value is -2.06. The molecule has 1 fully saturated rings. The van der Waals surface area contributed by atoms with Gasteiger partial charge in [0.1, 0.15) is 0 Å². The zero-order valence-electron chi connectivity index (χ0n) is 15.7. The number of nitrogens with zero attached hydrogens (tertiary/aromatic N) is 6. The summed E-state index contributed by atoms with van der Waals surface area (Å²) in [5, 5.41) is 7.27. The Morgan fingerprint density at radius 1 is 1.20 bits per heavy atom. The van der Waals surface area contributed by atoms with E-state index in [0.29, 0.717) is 12.3 Å². The van der Waals surface area contributed by atoms with Crippen molar-refractivity contribution in [1.82, 2.24) is 34.7 Å². The Balaban J connectivity index is 1.67. The normalized spacial score (nSPS) is 17.2. The first-order valence-corrected chi connectivity index (χ1v) is 8.69. The molecule has 3 heterocycles. The number of piperazine rings is 1. The number of carbonyl (C=O) groups is 1. The van der Waals surface area contributed by atoms with Crippen molar-refractivity contribution in [3.63, 3.8) is 0 Å². The van der Waals surface area contributed by atoms with Gasteiger partial charge in [0.2, 0.25) is 5.82 Å². The zero-order chi connectivity index (χ0) is 18.2. The SMILES string of the molecule is Cc1cc(C)n2nc(C(=O)NCC(C)(C)N3CCN(C)CC3)nc2n1. The van der Waals surface area contributed by atoms with Gasteiger partial charge in [0.25, 0.3) is 11.7 Å². The van der Waals surface area contributed by atoms with E-state index in [-0.39, 0.29) is 17.3 Å². The minimum absolute atomic E-state index is 0.110. The van der Waals surface area contributed by atoms with E-state index in [1.54, 1.807) is 4.52 Å². The number of aromatic nitrogens is 4. The molecule has 1 amide bonds. The third kappa shape index (κ3) is 3.80. The van der Waals surface area contributed by atoms with E-state index >= 15 is 0 Å². The first-order valence-electron chi connectivity index (χ1n) is 8.69. The Morgan fingerprint density at radius 3 is 2.56 bits per heavy atom. The summed E-state index contributed by atoms with van der Waals surface area (Å²) in [5.41, 5.74) is 1.66. The number of fused-ring (bicyclic) bond motifs is 1. The molecule has 0 aromatic carbocycles. The lowest BCUT2D eigenvalue weighted by Crippen LogP contribution is -2.57. The molecule has 8 nitrogen and oxygen atoms in total. The van der Waals surface area contributed by atoms with E-state index in [0.717, 1.165) is 37.6 Å².